The molecule has 158 valence electrons. The van der Waals surface area contributed by atoms with E-state index >= 15 is 0 Å². The van der Waals surface area contributed by atoms with E-state index in [0.717, 1.165) is 19.3 Å². The summed E-state index contributed by atoms with van der Waals surface area (Å²) in [5, 5.41) is 11.3. The molecular formula is C21H29N3O5. The van der Waals surface area contributed by atoms with E-state index in [1.165, 1.54) is 18.2 Å². The standard InChI is InChI=1S/C21H29N3O5/c1-20(2)9-15-10-21(3,12-20)13-23(15)18(25)11-29-19(26)14-6-7-16(22(4)5)17(8-14)24(27)28/h6-8,15H,9-13H2,1-5H3/t15-,21+/m1/s1. The normalized spacial score (nSPS) is 24.9. The second-order valence-corrected chi connectivity index (χ2v) is 9.67. The van der Waals surface area contributed by atoms with E-state index in [-0.39, 0.29) is 40.6 Å². The molecule has 2 atom stereocenters. The fourth-order valence-electron chi connectivity index (χ4n) is 5.22. The van der Waals surface area contributed by atoms with Crippen molar-refractivity contribution in [2.45, 2.75) is 46.1 Å². The highest BCUT2D eigenvalue weighted by molar-refractivity contribution is 5.93. The molecule has 0 unspecified atom stereocenters. The molecule has 2 aliphatic rings. The van der Waals surface area contributed by atoms with Crippen LogP contribution in [0.15, 0.2) is 18.2 Å². The molecule has 0 spiro atoms. The Morgan fingerprint density at radius 3 is 2.59 bits per heavy atom. The summed E-state index contributed by atoms with van der Waals surface area (Å²) in [5.74, 6) is -0.940. The van der Waals surface area contributed by atoms with Crippen molar-refractivity contribution < 1.29 is 19.2 Å². The first kappa shape index (κ1) is 21.1. The fraction of sp³-hybridized carbons (Fsp3) is 0.619. The summed E-state index contributed by atoms with van der Waals surface area (Å²) in [6, 6.07) is 4.34. The molecule has 1 heterocycles. The number of ether oxygens (including phenoxy) is 1. The van der Waals surface area contributed by atoms with E-state index in [2.05, 4.69) is 20.8 Å². The zero-order chi connectivity index (χ0) is 21.6. The molecule has 0 radical (unpaired) electrons. The highest BCUT2D eigenvalue weighted by Gasteiger charge is 2.50. The van der Waals surface area contributed by atoms with Crippen LogP contribution in [0.25, 0.3) is 0 Å². The first-order valence-electron chi connectivity index (χ1n) is 9.83. The number of anilines is 1. The van der Waals surface area contributed by atoms with Crippen LogP contribution < -0.4 is 4.90 Å². The number of rotatable bonds is 5. The number of nitrogens with zero attached hydrogens (tertiary/aromatic N) is 3. The van der Waals surface area contributed by atoms with Crippen LogP contribution in [0.4, 0.5) is 11.4 Å². The zero-order valence-corrected chi connectivity index (χ0v) is 17.7. The summed E-state index contributed by atoms with van der Waals surface area (Å²) in [4.78, 5) is 39.3. The van der Waals surface area contributed by atoms with Gasteiger partial charge in [-0.3, -0.25) is 14.9 Å². The van der Waals surface area contributed by atoms with Crippen LogP contribution in [0.1, 0.15) is 50.4 Å². The molecule has 1 aromatic rings. The number of hydrogen-bond donors (Lipinski definition) is 0. The van der Waals surface area contributed by atoms with E-state index in [1.807, 2.05) is 4.90 Å². The summed E-state index contributed by atoms with van der Waals surface area (Å²) in [5.41, 5.74) is 0.566. The molecule has 1 saturated heterocycles. The van der Waals surface area contributed by atoms with E-state index in [4.69, 9.17) is 4.74 Å². The predicted octanol–water partition coefficient (Wildman–Crippen LogP) is 3.24. The maximum Gasteiger partial charge on any atom is 0.338 e. The monoisotopic (exact) mass is 403 g/mol. The minimum atomic E-state index is -0.736. The van der Waals surface area contributed by atoms with E-state index in [9.17, 15) is 19.7 Å². The number of carbonyl (C=O) groups excluding carboxylic acids is 2. The minimum absolute atomic E-state index is 0.0587. The molecule has 2 bridgehead atoms. The number of nitro groups is 1. The van der Waals surface area contributed by atoms with Crippen molar-refractivity contribution in [2.24, 2.45) is 10.8 Å². The molecule has 3 rings (SSSR count). The predicted molar refractivity (Wildman–Crippen MR) is 109 cm³/mol. The number of likely N-dealkylation sites (tertiary alicyclic amines) is 1. The lowest BCUT2D eigenvalue weighted by Crippen LogP contribution is -2.39. The Kier molecular flexibility index (Phi) is 5.32. The van der Waals surface area contributed by atoms with Crippen LogP contribution in [0, 0.1) is 20.9 Å². The average Bonchev–Trinajstić information content (AvgIpc) is 2.87. The number of benzene rings is 1. The first-order valence-corrected chi connectivity index (χ1v) is 9.83. The second kappa shape index (κ2) is 7.31. The van der Waals surface area contributed by atoms with Gasteiger partial charge in [-0.1, -0.05) is 20.8 Å². The first-order chi connectivity index (χ1) is 13.4. The summed E-state index contributed by atoms with van der Waals surface area (Å²) < 4.78 is 5.20. The molecule has 29 heavy (non-hydrogen) atoms. The molecule has 1 aliphatic carbocycles. The van der Waals surface area contributed by atoms with Gasteiger partial charge in [-0.25, -0.2) is 4.79 Å². The van der Waals surface area contributed by atoms with Gasteiger partial charge in [0.1, 0.15) is 5.69 Å². The minimum Gasteiger partial charge on any atom is -0.452 e. The Balaban J connectivity index is 1.66. The Hall–Kier alpha value is -2.64. The Morgan fingerprint density at radius 2 is 1.97 bits per heavy atom. The summed E-state index contributed by atoms with van der Waals surface area (Å²) in [6.45, 7) is 7.01. The van der Waals surface area contributed by atoms with Crippen molar-refractivity contribution in [1.29, 1.82) is 0 Å². The van der Waals surface area contributed by atoms with Crippen LogP contribution >= 0.6 is 0 Å². The molecule has 1 saturated carbocycles. The Morgan fingerprint density at radius 1 is 1.28 bits per heavy atom. The number of nitro benzene ring substituents is 1. The molecule has 1 aliphatic heterocycles. The van der Waals surface area contributed by atoms with E-state index < -0.39 is 10.9 Å². The summed E-state index contributed by atoms with van der Waals surface area (Å²) in [6.07, 6.45) is 3.00. The van der Waals surface area contributed by atoms with Gasteiger partial charge >= 0.3 is 5.97 Å². The van der Waals surface area contributed by atoms with Gasteiger partial charge in [0.25, 0.3) is 11.6 Å². The van der Waals surface area contributed by atoms with Crippen molar-refractivity contribution in [2.75, 3.05) is 32.1 Å². The second-order valence-electron chi connectivity index (χ2n) is 9.67. The molecule has 0 N–H and O–H groups in total. The largest absolute Gasteiger partial charge is 0.452 e. The highest BCUT2D eigenvalue weighted by Crippen LogP contribution is 2.52. The Bertz CT molecular complexity index is 851. The molecular weight excluding hydrogens is 374 g/mol. The van der Waals surface area contributed by atoms with Crippen LogP contribution in [-0.4, -0.2) is 55.0 Å². The summed E-state index contributed by atoms with van der Waals surface area (Å²) >= 11 is 0. The van der Waals surface area contributed by atoms with Crippen LogP contribution in [0.2, 0.25) is 0 Å². The molecule has 8 nitrogen and oxygen atoms in total. The van der Waals surface area contributed by atoms with Crippen molar-refractivity contribution >= 4 is 23.3 Å². The number of fused-ring (bicyclic) bond motifs is 2. The number of carbonyl (C=O) groups is 2. The summed E-state index contributed by atoms with van der Waals surface area (Å²) in [7, 11) is 3.38. The zero-order valence-electron chi connectivity index (χ0n) is 17.7. The van der Waals surface area contributed by atoms with Crippen molar-refractivity contribution in [3.8, 4) is 0 Å². The third-order valence-electron chi connectivity index (χ3n) is 5.95. The van der Waals surface area contributed by atoms with Crippen molar-refractivity contribution in [3.05, 3.63) is 33.9 Å². The Labute approximate surface area is 171 Å². The van der Waals surface area contributed by atoms with Gasteiger partial charge in [0.05, 0.1) is 10.5 Å². The lowest BCUT2D eigenvalue weighted by molar-refractivity contribution is -0.384. The SMILES string of the molecule is CN(C)c1ccc(C(=O)OCC(=O)N2C[C@@]3(C)C[C@H]2CC(C)(C)C3)cc1[N+](=O)[O-]. The van der Waals surface area contributed by atoms with Crippen LogP contribution in [0.3, 0.4) is 0 Å². The van der Waals surface area contributed by atoms with Gasteiger partial charge in [0, 0.05) is 32.7 Å². The molecule has 1 aromatic carbocycles. The number of esters is 1. The highest BCUT2D eigenvalue weighted by atomic mass is 16.6. The maximum atomic E-state index is 12.7. The van der Waals surface area contributed by atoms with Crippen LogP contribution in [-0.2, 0) is 9.53 Å². The van der Waals surface area contributed by atoms with Crippen molar-refractivity contribution in [3.63, 3.8) is 0 Å². The lowest BCUT2D eigenvalue weighted by atomic mass is 9.65. The third-order valence-corrected chi connectivity index (χ3v) is 5.95. The van der Waals surface area contributed by atoms with E-state index in [0.29, 0.717) is 12.2 Å². The van der Waals surface area contributed by atoms with Crippen LogP contribution in [0.5, 0.6) is 0 Å². The van der Waals surface area contributed by atoms with Gasteiger partial charge < -0.3 is 14.5 Å². The topological polar surface area (TPSA) is 93.0 Å². The smallest absolute Gasteiger partial charge is 0.338 e. The number of hydrogen-bond acceptors (Lipinski definition) is 6. The molecule has 0 aromatic heterocycles. The average molecular weight is 403 g/mol. The fourth-order valence-corrected chi connectivity index (χ4v) is 5.22. The number of amides is 1. The van der Waals surface area contributed by atoms with E-state index in [1.54, 1.807) is 19.0 Å². The van der Waals surface area contributed by atoms with Gasteiger partial charge in [0.2, 0.25) is 0 Å². The maximum absolute atomic E-state index is 12.7. The van der Waals surface area contributed by atoms with Gasteiger partial charge in [-0.2, -0.15) is 0 Å². The quantitative estimate of drug-likeness (QED) is 0.426. The lowest BCUT2D eigenvalue weighted by Gasteiger charge is -2.39. The van der Waals surface area contributed by atoms with Gasteiger partial charge in [0.15, 0.2) is 6.61 Å². The third kappa shape index (κ3) is 4.36. The molecule has 1 amide bonds. The molecule has 8 heteroatoms. The molecule has 2 fully saturated rings. The van der Waals surface area contributed by atoms with Crippen molar-refractivity contribution in [1.82, 2.24) is 4.90 Å². The van der Waals surface area contributed by atoms with Gasteiger partial charge in [-0.15, -0.1) is 0 Å². The van der Waals surface area contributed by atoms with Gasteiger partial charge in [-0.05, 0) is 42.2 Å².